The van der Waals surface area contributed by atoms with Gasteiger partial charge in [-0.1, -0.05) is 30.3 Å². The molecule has 0 radical (unpaired) electrons. The number of hydrogen-bond donors (Lipinski definition) is 2. The Morgan fingerprint density at radius 2 is 1.57 bits per heavy atom. The molecule has 4 rings (SSSR count). The lowest BCUT2D eigenvalue weighted by molar-refractivity contribution is 0.340. The number of aromatic nitrogens is 2. The van der Waals surface area contributed by atoms with Crippen molar-refractivity contribution in [1.82, 2.24) is 10.2 Å². The minimum atomic E-state index is -0.659. The topological polar surface area (TPSA) is 81.1 Å². The van der Waals surface area contributed by atoms with E-state index in [9.17, 15) is 8.78 Å². The summed E-state index contributed by atoms with van der Waals surface area (Å²) in [5.41, 5.74) is 14.9. The molecule has 1 fully saturated rings. The van der Waals surface area contributed by atoms with E-state index in [1.54, 1.807) is 6.07 Å². The van der Waals surface area contributed by atoms with Crippen LogP contribution >= 0.6 is 12.4 Å². The van der Waals surface area contributed by atoms with E-state index in [4.69, 9.17) is 11.5 Å². The lowest BCUT2D eigenvalue weighted by Gasteiger charge is -2.42. The first kappa shape index (κ1) is 21.9. The molecule has 2 aromatic carbocycles. The minimum absolute atomic E-state index is 0. The summed E-state index contributed by atoms with van der Waals surface area (Å²) in [6, 6.07) is 15.4. The first-order valence-electron chi connectivity index (χ1n) is 9.61. The Balaban J connectivity index is 0.00000256. The number of nitrogen functional groups attached to an aromatic ring is 1. The quantitative estimate of drug-likeness (QED) is 0.654. The number of hydrogen-bond acceptors (Lipinski definition) is 5. The number of rotatable bonds is 4. The van der Waals surface area contributed by atoms with Gasteiger partial charge in [-0.25, -0.2) is 8.78 Å². The van der Waals surface area contributed by atoms with Crippen LogP contribution in [0.2, 0.25) is 0 Å². The minimum Gasteiger partial charge on any atom is -0.380 e. The van der Waals surface area contributed by atoms with Crippen LogP contribution in [-0.2, 0) is 5.41 Å². The summed E-state index contributed by atoms with van der Waals surface area (Å²) in [7, 11) is 0. The molecule has 0 bridgehead atoms. The van der Waals surface area contributed by atoms with Crippen molar-refractivity contribution in [3.05, 3.63) is 71.8 Å². The smallest absolute Gasteiger partial charge is 0.169 e. The monoisotopic (exact) mass is 431 g/mol. The number of benzene rings is 2. The molecular formula is C22H24ClF2N5. The van der Waals surface area contributed by atoms with Crippen LogP contribution in [-0.4, -0.2) is 29.8 Å². The maximum Gasteiger partial charge on any atom is 0.169 e. The van der Waals surface area contributed by atoms with E-state index in [0.717, 1.165) is 37.7 Å². The van der Waals surface area contributed by atoms with Gasteiger partial charge in [0.25, 0.3) is 0 Å². The van der Waals surface area contributed by atoms with Crippen LogP contribution in [0, 0.1) is 11.6 Å². The molecule has 3 aromatic rings. The molecule has 4 N–H and O–H groups in total. The van der Waals surface area contributed by atoms with Crippen molar-refractivity contribution in [2.24, 2.45) is 5.73 Å². The maximum absolute atomic E-state index is 13.6. The summed E-state index contributed by atoms with van der Waals surface area (Å²) in [5, 5.41) is 8.04. The van der Waals surface area contributed by atoms with Gasteiger partial charge in [-0.2, -0.15) is 0 Å². The summed E-state index contributed by atoms with van der Waals surface area (Å²) in [6.45, 7) is 2.07. The van der Waals surface area contributed by atoms with Crippen molar-refractivity contribution in [3.63, 3.8) is 0 Å². The Morgan fingerprint density at radius 3 is 2.17 bits per heavy atom. The van der Waals surface area contributed by atoms with Crippen LogP contribution in [0.3, 0.4) is 0 Å². The van der Waals surface area contributed by atoms with Gasteiger partial charge >= 0.3 is 0 Å². The molecule has 0 unspecified atom stereocenters. The molecule has 8 heteroatoms. The molecule has 158 valence electrons. The lowest BCUT2D eigenvalue weighted by Crippen LogP contribution is -2.47. The van der Waals surface area contributed by atoms with Crippen LogP contribution in [0.4, 0.5) is 20.3 Å². The van der Waals surface area contributed by atoms with Crippen LogP contribution in [0.25, 0.3) is 11.3 Å². The molecule has 5 nitrogen and oxygen atoms in total. The molecule has 1 saturated heterocycles. The zero-order valence-corrected chi connectivity index (χ0v) is 17.2. The van der Waals surface area contributed by atoms with E-state index in [1.807, 2.05) is 18.2 Å². The number of anilines is 2. The highest BCUT2D eigenvalue weighted by Gasteiger charge is 2.35. The van der Waals surface area contributed by atoms with E-state index in [2.05, 4.69) is 27.2 Å². The van der Waals surface area contributed by atoms with E-state index in [-0.39, 0.29) is 17.8 Å². The summed E-state index contributed by atoms with van der Waals surface area (Å²) >= 11 is 0. The molecule has 1 aliphatic heterocycles. The Bertz CT molecular complexity index is 987. The highest BCUT2D eigenvalue weighted by molar-refractivity contribution is 5.85. The summed E-state index contributed by atoms with van der Waals surface area (Å²) in [4.78, 5) is 2.14. The summed E-state index contributed by atoms with van der Waals surface area (Å²) in [5.74, 6) is -1.02. The van der Waals surface area contributed by atoms with Crippen LogP contribution < -0.4 is 16.4 Å². The standard InChI is InChI=1S/C22H23F2N5.ClH/c23-17-10-15(11-18(24)12-17)19-13-20(21(26)28-27-19)29-8-6-22(14-25,7-9-29)16-4-2-1-3-5-16;/h1-5,10-13H,6-9,14,25H2,(H2,26,28);1H. The van der Waals surface area contributed by atoms with Crippen molar-refractivity contribution >= 4 is 23.9 Å². The van der Waals surface area contributed by atoms with Gasteiger partial charge in [0.05, 0.1) is 11.4 Å². The Morgan fingerprint density at radius 1 is 0.933 bits per heavy atom. The molecule has 0 amide bonds. The van der Waals surface area contributed by atoms with Gasteiger partial charge in [0.15, 0.2) is 5.82 Å². The molecule has 1 aromatic heterocycles. The maximum atomic E-state index is 13.6. The molecule has 0 saturated carbocycles. The van der Waals surface area contributed by atoms with Crippen LogP contribution in [0.1, 0.15) is 18.4 Å². The number of halogens is 3. The highest BCUT2D eigenvalue weighted by Crippen LogP contribution is 2.37. The largest absolute Gasteiger partial charge is 0.380 e. The number of nitrogens with two attached hydrogens (primary N) is 2. The second-order valence-electron chi connectivity index (χ2n) is 7.50. The Kier molecular flexibility index (Phi) is 6.53. The second-order valence-corrected chi connectivity index (χ2v) is 7.50. The van der Waals surface area contributed by atoms with E-state index in [0.29, 0.717) is 23.6 Å². The molecule has 1 aliphatic rings. The van der Waals surface area contributed by atoms with Crippen LogP contribution in [0.5, 0.6) is 0 Å². The van der Waals surface area contributed by atoms with Gasteiger partial charge in [0, 0.05) is 36.7 Å². The molecule has 0 spiro atoms. The summed E-state index contributed by atoms with van der Waals surface area (Å²) in [6.07, 6.45) is 1.75. The third-order valence-corrected chi connectivity index (χ3v) is 5.80. The van der Waals surface area contributed by atoms with Gasteiger partial charge in [0.2, 0.25) is 0 Å². The number of piperidine rings is 1. The zero-order chi connectivity index (χ0) is 20.4. The average molecular weight is 432 g/mol. The normalized spacial score (nSPS) is 15.5. The zero-order valence-electron chi connectivity index (χ0n) is 16.4. The van der Waals surface area contributed by atoms with Gasteiger partial charge in [-0.15, -0.1) is 22.6 Å². The van der Waals surface area contributed by atoms with E-state index in [1.165, 1.54) is 17.7 Å². The van der Waals surface area contributed by atoms with Crippen molar-refractivity contribution in [1.29, 1.82) is 0 Å². The molecule has 2 heterocycles. The van der Waals surface area contributed by atoms with E-state index < -0.39 is 11.6 Å². The predicted octanol–water partition coefficient (Wildman–Crippen LogP) is 3.92. The van der Waals surface area contributed by atoms with Gasteiger partial charge < -0.3 is 16.4 Å². The first-order valence-corrected chi connectivity index (χ1v) is 9.61. The molecule has 30 heavy (non-hydrogen) atoms. The van der Waals surface area contributed by atoms with Gasteiger partial charge in [-0.05, 0) is 36.6 Å². The van der Waals surface area contributed by atoms with Gasteiger partial charge in [-0.3, -0.25) is 0 Å². The fourth-order valence-electron chi connectivity index (χ4n) is 4.07. The fourth-order valence-corrected chi connectivity index (χ4v) is 4.07. The third-order valence-electron chi connectivity index (χ3n) is 5.80. The fraction of sp³-hybridized carbons (Fsp3) is 0.273. The second kappa shape index (κ2) is 8.93. The van der Waals surface area contributed by atoms with Gasteiger partial charge in [0.1, 0.15) is 11.6 Å². The molecule has 0 aliphatic carbocycles. The highest BCUT2D eigenvalue weighted by atomic mass is 35.5. The summed E-state index contributed by atoms with van der Waals surface area (Å²) < 4.78 is 27.2. The van der Waals surface area contributed by atoms with Crippen molar-refractivity contribution in [3.8, 4) is 11.3 Å². The number of nitrogens with zero attached hydrogens (tertiary/aromatic N) is 3. The Labute approximate surface area is 180 Å². The third kappa shape index (κ3) is 4.22. The van der Waals surface area contributed by atoms with Crippen molar-refractivity contribution in [2.45, 2.75) is 18.3 Å². The van der Waals surface area contributed by atoms with Crippen molar-refractivity contribution < 1.29 is 8.78 Å². The lowest BCUT2D eigenvalue weighted by atomic mass is 9.73. The first-order chi connectivity index (χ1) is 14.0. The average Bonchev–Trinajstić information content (AvgIpc) is 2.74. The predicted molar refractivity (Wildman–Crippen MR) is 118 cm³/mol. The SMILES string of the molecule is Cl.NCC1(c2ccccc2)CCN(c2cc(-c3cc(F)cc(F)c3)nnc2N)CC1. The molecular weight excluding hydrogens is 408 g/mol. The van der Waals surface area contributed by atoms with Crippen LogP contribution in [0.15, 0.2) is 54.6 Å². The Hall–Kier alpha value is -2.77. The van der Waals surface area contributed by atoms with E-state index >= 15 is 0 Å². The van der Waals surface area contributed by atoms with Crippen molar-refractivity contribution in [2.75, 3.05) is 30.3 Å². The molecule has 0 atom stereocenters.